The third-order valence-corrected chi connectivity index (χ3v) is 5.24. The van der Waals surface area contributed by atoms with E-state index in [-0.39, 0.29) is 5.91 Å². The van der Waals surface area contributed by atoms with Crippen LogP contribution >= 0.6 is 15.9 Å². The summed E-state index contributed by atoms with van der Waals surface area (Å²) in [6.45, 7) is 4.05. The second-order valence-corrected chi connectivity index (χ2v) is 6.55. The number of likely N-dealkylation sites (tertiary alicyclic amines) is 1. The highest BCUT2D eigenvalue weighted by Gasteiger charge is 2.38. The number of hydrogen-bond acceptors (Lipinski definition) is 2. The zero-order valence-corrected chi connectivity index (χ0v) is 12.6. The molecule has 0 unspecified atom stereocenters. The molecular formula is C15H19BrN2O. The van der Waals surface area contributed by atoms with Crippen molar-refractivity contribution in [1.29, 1.82) is 0 Å². The Hall–Kier alpha value is -0.870. The summed E-state index contributed by atoms with van der Waals surface area (Å²) >= 11 is 3.47. The molecule has 2 saturated heterocycles. The topological polar surface area (TPSA) is 32.3 Å². The molecule has 0 bridgehead atoms. The second kappa shape index (κ2) is 5.25. The van der Waals surface area contributed by atoms with Crippen LogP contribution in [0.3, 0.4) is 0 Å². The van der Waals surface area contributed by atoms with Crippen molar-refractivity contribution in [3.63, 3.8) is 0 Å². The molecule has 0 aliphatic carbocycles. The molecule has 1 aromatic carbocycles. The van der Waals surface area contributed by atoms with Gasteiger partial charge in [-0.3, -0.25) is 4.79 Å². The zero-order valence-electron chi connectivity index (χ0n) is 11.0. The normalized spacial score (nSPS) is 21.8. The summed E-state index contributed by atoms with van der Waals surface area (Å²) in [7, 11) is 0. The Morgan fingerprint density at radius 1 is 1.21 bits per heavy atom. The van der Waals surface area contributed by atoms with Crippen molar-refractivity contribution in [2.24, 2.45) is 5.41 Å². The van der Waals surface area contributed by atoms with Gasteiger partial charge in [0.2, 0.25) is 0 Å². The lowest BCUT2D eigenvalue weighted by molar-refractivity contribution is 0.0607. The predicted molar refractivity (Wildman–Crippen MR) is 79.2 cm³/mol. The summed E-state index contributed by atoms with van der Waals surface area (Å²) in [5.41, 5.74) is 1.24. The molecular weight excluding hydrogens is 304 g/mol. The predicted octanol–water partition coefficient (Wildman–Crippen LogP) is 2.66. The summed E-state index contributed by atoms with van der Waals surface area (Å²) in [4.78, 5) is 14.5. The van der Waals surface area contributed by atoms with Crippen LogP contribution in [-0.4, -0.2) is 37.0 Å². The van der Waals surface area contributed by atoms with Crippen molar-refractivity contribution in [2.75, 3.05) is 26.2 Å². The average Bonchev–Trinajstić information content (AvgIpc) is 2.88. The van der Waals surface area contributed by atoms with Crippen LogP contribution in [0.4, 0.5) is 0 Å². The summed E-state index contributed by atoms with van der Waals surface area (Å²) in [6.07, 6.45) is 3.54. The number of halogens is 1. The van der Waals surface area contributed by atoms with Crippen molar-refractivity contribution in [3.8, 4) is 0 Å². The molecule has 0 saturated carbocycles. The van der Waals surface area contributed by atoms with Gasteiger partial charge in [-0.15, -0.1) is 0 Å². The fourth-order valence-electron chi connectivity index (χ4n) is 3.21. The van der Waals surface area contributed by atoms with Crippen LogP contribution in [-0.2, 0) is 0 Å². The molecule has 4 heteroatoms. The van der Waals surface area contributed by atoms with Crippen LogP contribution in [0.25, 0.3) is 0 Å². The number of rotatable bonds is 1. The molecule has 102 valence electrons. The first-order chi connectivity index (χ1) is 9.20. The Labute approximate surface area is 122 Å². The summed E-state index contributed by atoms with van der Waals surface area (Å²) < 4.78 is 0.891. The Morgan fingerprint density at radius 2 is 1.95 bits per heavy atom. The molecule has 1 N–H and O–H groups in total. The minimum absolute atomic E-state index is 0.160. The summed E-state index contributed by atoms with van der Waals surface area (Å²) in [5, 5.41) is 3.46. The monoisotopic (exact) mass is 322 g/mol. The molecule has 1 aromatic rings. The van der Waals surface area contributed by atoms with E-state index < -0.39 is 0 Å². The van der Waals surface area contributed by atoms with Crippen molar-refractivity contribution in [3.05, 3.63) is 34.3 Å². The van der Waals surface area contributed by atoms with Gasteiger partial charge in [-0.05, 0) is 59.3 Å². The first kappa shape index (κ1) is 13.1. The Balaban J connectivity index is 1.68. The van der Waals surface area contributed by atoms with Gasteiger partial charge in [0.15, 0.2) is 0 Å². The highest BCUT2D eigenvalue weighted by molar-refractivity contribution is 9.10. The van der Waals surface area contributed by atoms with Crippen LogP contribution in [0.5, 0.6) is 0 Å². The molecule has 2 heterocycles. The van der Waals surface area contributed by atoms with Crippen molar-refractivity contribution >= 4 is 21.8 Å². The molecule has 0 aromatic heterocycles. The third-order valence-electron chi connectivity index (χ3n) is 4.55. The van der Waals surface area contributed by atoms with E-state index >= 15 is 0 Å². The summed E-state index contributed by atoms with van der Waals surface area (Å²) in [5.74, 6) is 0.160. The van der Waals surface area contributed by atoms with Crippen LogP contribution in [0.2, 0.25) is 0 Å². The Bertz CT molecular complexity index is 473. The van der Waals surface area contributed by atoms with Gasteiger partial charge in [0, 0.05) is 24.1 Å². The minimum Gasteiger partial charge on any atom is -0.339 e. The number of amides is 1. The van der Waals surface area contributed by atoms with Gasteiger partial charge >= 0.3 is 0 Å². The molecule has 1 amide bonds. The second-order valence-electron chi connectivity index (χ2n) is 5.70. The molecule has 19 heavy (non-hydrogen) atoms. The molecule has 2 aliphatic heterocycles. The fourth-order valence-corrected chi connectivity index (χ4v) is 3.67. The number of nitrogens with zero attached hydrogens (tertiary/aromatic N) is 1. The number of nitrogens with one attached hydrogen (secondary N) is 1. The number of carbonyl (C=O) groups is 1. The van der Waals surface area contributed by atoms with Gasteiger partial charge in [0.1, 0.15) is 0 Å². The fraction of sp³-hybridized carbons (Fsp3) is 0.533. The van der Waals surface area contributed by atoms with Crippen molar-refractivity contribution in [1.82, 2.24) is 10.2 Å². The molecule has 3 rings (SSSR count). The zero-order chi connectivity index (χ0) is 13.3. The molecule has 0 radical (unpaired) electrons. The van der Waals surface area contributed by atoms with Crippen molar-refractivity contribution < 1.29 is 4.79 Å². The number of piperidine rings is 1. The lowest BCUT2D eigenvalue weighted by atomic mass is 9.78. The van der Waals surface area contributed by atoms with E-state index in [9.17, 15) is 4.79 Å². The number of hydrogen-bond donors (Lipinski definition) is 1. The minimum atomic E-state index is 0.160. The standard InChI is InChI=1S/C15H19BrN2O/c16-13-4-2-1-3-12(13)14(19)18-9-6-15(7-10-18)5-8-17-11-15/h1-4,17H,5-11H2. The maximum Gasteiger partial charge on any atom is 0.254 e. The maximum absolute atomic E-state index is 12.5. The van der Waals surface area contributed by atoms with Crippen LogP contribution in [0.15, 0.2) is 28.7 Å². The number of benzene rings is 1. The smallest absolute Gasteiger partial charge is 0.254 e. The van der Waals surface area contributed by atoms with Crippen LogP contribution in [0.1, 0.15) is 29.6 Å². The first-order valence-corrected chi connectivity index (χ1v) is 7.74. The molecule has 2 fully saturated rings. The lowest BCUT2D eigenvalue weighted by Crippen LogP contribution is -2.44. The average molecular weight is 323 g/mol. The summed E-state index contributed by atoms with van der Waals surface area (Å²) in [6, 6.07) is 7.69. The van der Waals surface area contributed by atoms with Crippen LogP contribution < -0.4 is 5.32 Å². The van der Waals surface area contributed by atoms with E-state index in [4.69, 9.17) is 0 Å². The third kappa shape index (κ3) is 2.56. The van der Waals surface area contributed by atoms with E-state index in [1.807, 2.05) is 29.2 Å². The quantitative estimate of drug-likeness (QED) is 0.862. The van der Waals surface area contributed by atoms with E-state index in [0.29, 0.717) is 5.41 Å². The van der Waals surface area contributed by atoms with E-state index in [1.165, 1.54) is 6.42 Å². The highest BCUT2D eigenvalue weighted by Crippen LogP contribution is 2.37. The van der Waals surface area contributed by atoms with Gasteiger partial charge in [0.05, 0.1) is 5.56 Å². The van der Waals surface area contributed by atoms with Crippen LogP contribution in [0, 0.1) is 5.41 Å². The maximum atomic E-state index is 12.5. The van der Waals surface area contributed by atoms with Gasteiger partial charge in [-0.2, -0.15) is 0 Å². The van der Waals surface area contributed by atoms with Gasteiger partial charge in [0.25, 0.3) is 5.91 Å². The van der Waals surface area contributed by atoms with Gasteiger partial charge < -0.3 is 10.2 Å². The molecule has 1 spiro atoms. The first-order valence-electron chi connectivity index (χ1n) is 6.95. The molecule has 0 atom stereocenters. The largest absolute Gasteiger partial charge is 0.339 e. The SMILES string of the molecule is O=C(c1ccccc1Br)N1CCC2(CCNC2)CC1. The van der Waals surface area contributed by atoms with E-state index in [1.54, 1.807) is 0 Å². The van der Waals surface area contributed by atoms with Gasteiger partial charge in [-0.1, -0.05) is 12.1 Å². The molecule has 2 aliphatic rings. The highest BCUT2D eigenvalue weighted by atomic mass is 79.9. The lowest BCUT2D eigenvalue weighted by Gasteiger charge is -2.39. The Morgan fingerprint density at radius 3 is 2.58 bits per heavy atom. The molecule has 3 nitrogen and oxygen atoms in total. The van der Waals surface area contributed by atoms with E-state index in [2.05, 4.69) is 21.2 Å². The van der Waals surface area contributed by atoms with Gasteiger partial charge in [-0.25, -0.2) is 0 Å². The van der Waals surface area contributed by atoms with E-state index in [0.717, 1.165) is 49.1 Å². The number of carbonyl (C=O) groups excluding carboxylic acids is 1. The Kier molecular flexibility index (Phi) is 3.63. The van der Waals surface area contributed by atoms with Crippen molar-refractivity contribution in [2.45, 2.75) is 19.3 Å².